The van der Waals surface area contributed by atoms with Crippen LogP contribution in [0.4, 0.5) is 0 Å². The quantitative estimate of drug-likeness (QED) is 0.546. The highest BCUT2D eigenvalue weighted by atomic mass is 16.3. The van der Waals surface area contributed by atoms with Gasteiger partial charge in [-0.25, -0.2) is 4.99 Å². The third-order valence-electron chi connectivity index (χ3n) is 5.66. The van der Waals surface area contributed by atoms with Gasteiger partial charge in [0.2, 0.25) is 5.91 Å². The van der Waals surface area contributed by atoms with Gasteiger partial charge in [0, 0.05) is 31.6 Å². The number of nitrogens with two attached hydrogens (primary N) is 1. The molecular formula is C21H32N4O2. The summed E-state index contributed by atoms with van der Waals surface area (Å²) in [6.07, 6.45) is 7.01. The highest BCUT2D eigenvalue weighted by Gasteiger charge is 2.24. The molecule has 1 saturated heterocycles. The van der Waals surface area contributed by atoms with Crippen molar-refractivity contribution in [3.63, 3.8) is 0 Å². The van der Waals surface area contributed by atoms with Crippen LogP contribution in [0.2, 0.25) is 0 Å². The third-order valence-corrected chi connectivity index (χ3v) is 5.66. The lowest BCUT2D eigenvalue weighted by atomic mass is 9.88. The fourth-order valence-corrected chi connectivity index (χ4v) is 4.36. The molecule has 1 amide bonds. The Balaban J connectivity index is 1.77. The lowest BCUT2D eigenvalue weighted by Gasteiger charge is -2.34. The molecule has 0 saturated carbocycles. The van der Waals surface area contributed by atoms with Gasteiger partial charge in [-0.1, -0.05) is 6.07 Å². The summed E-state index contributed by atoms with van der Waals surface area (Å²) < 4.78 is 0. The van der Waals surface area contributed by atoms with E-state index in [9.17, 15) is 9.90 Å². The molecule has 1 aromatic rings. The average Bonchev–Trinajstić information content (AvgIpc) is 2.66. The summed E-state index contributed by atoms with van der Waals surface area (Å²) in [5.74, 6) is 1.27. The summed E-state index contributed by atoms with van der Waals surface area (Å²) in [6, 6.07) is 3.87. The number of aryl methyl sites for hydroxylation is 1. The van der Waals surface area contributed by atoms with Crippen LogP contribution in [0.5, 0.6) is 5.75 Å². The Morgan fingerprint density at radius 1 is 1.33 bits per heavy atom. The highest BCUT2D eigenvalue weighted by Crippen LogP contribution is 2.31. The molecule has 1 aliphatic heterocycles. The van der Waals surface area contributed by atoms with Crippen molar-refractivity contribution >= 4 is 11.9 Å². The molecule has 0 bridgehead atoms. The second-order valence-electron chi connectivity index (χ2n) is 7.70. The standard InChI is InChI=1S/C21H32N4O2/c1-2-23-21(25-11-5-6-15(14-25)12-20(22)27)24-13-18-17-8-4-3-7-16(17)9-10-19(18)26/h9-10,15,26H,2-8,11-14H2,1H3,(H2,22,27)(H,23,24). The average molecular weight is 373 g/mol. The minimum absolute atomic E-state index is 0.232. The van der Waals surface area contributed by atoms with Gasteiger partial charge in [0.15, 0.2) is 5.96 Å². The predicted octanol–water partition coefficient (Wildman–Crippen LogP) is 2.32. The Kier molecular flexibility index (Phi) is 6.58. The third kappa shape index (κ3) is 4.93. The van der Waals surface area contributed by atoms with Gasteiger partial charge in [0.05, 0.1) is 6.54 Å². The Morgan fingerprint density at radius 2 is 2.15 bits per heavy atom. The minimum Gasteiger partial charge on any atom is -0.508 e. The van der Waals surface area contributed by atoms with E-state index < -0.39 is 0 Å². The molecule has 0 spiro atoms. The summed E-state index contributed by atoms with van der Waals surface area (Å²) in [4.78, 5) is 18.4. The monoisotopic (exact) mass is 372 g/mol. The molecule has 27 heavy (non-hydrogen) atoms. The molecule has 3 rings (SSSR count). The van der Waals surface area contributed by atoms with Crippen molar-refractivity contribution in [3.05, 3.63) is 28.8 Å². The van der Waals surface area contributed by atoms with E-state index in [0.29, 0.717) is 18.7 Å². The summed E-state index contributed by atoms with van der Waals surface area (Å²) in [5.41, 5.74) is 8.99. The number of nitrogens with zero attached hydrogens (tertiary/aromatic N) is 2. The number of nitrogens with one attached hydrogen (secondary N) is 1. The lowest BCUT2D eigenvalue weighted by Crippen LogP contribution is -2.47. The van der Waals surface area contributed by atoms with Crippen molar-refractivity contribution in [2.75, 3.05) is 19.6 Å². The zero-order valence-electron chi connectivity index (χ0n) is 16.3. The van der Waals surface area contributed by atoms with Gasteiger partial charge in [-0.3, -0.25) is 4.79 Å². The smallest absolute Gasteiger partial charge is 0.217 e. The number of fused-ring (bicyclic) bond motifs is 1. The first-order valence-electron chi connectivity index (χ1n) is 10.2. The number of benzene rings is 1. The molecule has 6 nitrogen and oxygen atoms in total. The van der Waals surface area contributed by atoms with Crippen molar-refractivity contribution in [1.29, 1.82) is 0 Å². The number of phenolic OH excluding ortho intramolecular Hbond substituents is 1. The molecule has 1 atom stereocenters. The van der Waals surface area contributed by atoms with E-state index in [-0.39, 0.29) is 11.8 Å². The van der Waals surface area contributed by atoms with Gasteiger partial charge in [0.1, 0.15) is 5.75 Å². The highest BCUT2D eigenvalue weighted by molar-refractivity contribution is 5.80. The maximum absolute atomic E-state index is 11.3. The summed E-state index contributed by atoms with van der Waals surface area (Å²) in [6.45, 7) is 5.05. The van der Waals surface area contributed by atoms with Gasteiger partial charge in [0.25, 0.3) is 0 Å². The first kappa shape index (κ1) is 19.5. The second kappa shape index (κ2) is 9.11. The number of aromatic hydroxyl groups is 1. The Morgan fingerprint density at radius 3 is 2.93 bits per heavy atom. The Hall–Kier alpha value is -2.24. The van der Waals surface area contributed by atoms with E-state index in [1.165, 1.54) is 24.0 Å². The number of hydrogen-bond donors (Lipinski definition) is 3. The van der Waals surface area contributed by atoms with Gasteiger partial charge >= 0.3 is 0 Å². The number of likely N-dealkylation sites (tertiary alicyclic amines) is 1. The van der Waals surface area contributed by atoms with Crippen LogP contribution in [0.3, 0.4) is 0 Å². The van der Waals surface area contributed by atoms with E-state index >= 15 is 0 Å². The van der Waals surface area contributed by atoms with E-state index in [1.807, 2.05) is 6.07 Å². The van der Waals surface area contributed by atoms with Crippen LogP contribution in [-0.4, -0.2) is 41.5 Å². The van der Waals surface area contributed by atoms with Crippen molar-refractivity contribution in [2.24, 2.45) is 16.6 Å². The second-order valence-corrected chi connectivity index (χ2v) is 7.70. The maximum atomic E-state index is 11.3. The number of carbonyl (C=O) groups excluding carboxylic acids is 1. The molecule has 6 heteroatoms. The van der Waals surface area contributed by atoms with E-state index in [0.717, 1.165) is 56.8 Å². The van der Waals surface area contributed by atoms with Crippen molar-refractivity contribution < 1.29 is 9.90 Å². The number of hydrogen-bond acceptors (Lipinski definition) is 3. The SMILES string of the molecule is CCNC(=NCc1c(O)ccc2c1CCCC2)N1CCCC(CC(N)=O)C1. The van der Waals surface area contributed by atoms with Crippen LogP contribution in [0.25, 0.3) is 0 Å². The summed E-state index contributed by atoms with van der Waals surface area (Å²) >= 11 is 0. The van der Waals surface area contributed by atoms with Gasteiger partial charge < -0.3 is 21.1 Å². The Bertz CT molecular complexity index is 702. The fourth-order valence-electron chi connectivity index (χ4n) is 4.36. The van der Waals surface area contributed by atoms with Crippen molar-refractivity contribution in [2.45, 2.75) is 58.4 Å². The summed E-state index contributed by atoms with van der Waals surface area (Å²) in [7, 11) is 0. The van der Waals surface area contributed by atoms with Gasteiger partial charge in [-0.2, -0.15) is 0 Å². The number of piperidine rings is 1. The normalized spacial score (nSPS) is 20.3. The molecular weight excluding hydrogens is 340 g/mol. The Labute approximate surface area is 161 Å². The maximum Gasteiger partial charge on any atom is 0.217 e. The van der Waals surface area contributed by atoms with Crippen LogP contribution < -0.4 is 11.1 Å². The number of rotatable bonds is 5. The molecule has 148 valence electrons. The molecule has 1 aliphatic carbocycles. The number of aliphatic imine (C=N–C) groups is 1. The number of carbonyl (C=O) groups is 1. The van der Waals surface area contributed by atoms with Crippen LogP contribution in [0.15, 0.2) is 17.1 Å². The van der Waals surface area contributed by atoms with Crippen LogP contribution in [0.1, 0.15) is 55.7 Å². The first-order valence-corrected chi connectivity index (χ1v) is 10.2. The molecule has 4 N–H and O–H groups in total. The molecule has 0 aromatic heterocycles. The first-order chi connectivity index (χ1) is 13.1. The molecule has 2 aliphatic rings. The zero-order chi connectivity index (χ0) is 19.2. The molecule has 1 unspecified atom stereocenters. The molecule has 1 aromatic carbocycles. The molecule has 1 heterocycles. The number of primary amides is 1. The number of amides is 1. The van der Waals surface area contributed by atoms with E-state index in [4.69, 9.17) is 10.7 Å². The minimum atomic E-state index is -0.232. The van der Waals surface area contributed by atoms with Crippen molar-refractivity contribution in [1.82, 2.24) is 10.2 Å². The zero-order valence-corrected chi connectivity index (χ0v) is 16.3. The van der Waals surface area contributed by atoms with Gasteiger partial charge in [-0.15, -0.1) is 0 Å². The number of phenols is 1. The van der Waals surface area contributed by atoms with Crippen molar-refractivity contribution in [3.8, 4) is 5.75 Å². The molecule has 0 radical (unpaired) electrons. The van der Waals surface area contributed by atoms with Gasteiger partial charge in [-0.05, 0) is 68.6 Å². The lowest BCUT2D eigenvalue weighted by molar-refractivity contribution is -0.119. The fraction of sp³-hybridized carbons (Fsp3) is 0.619. The number of guanidine groups is 1. The topological polar surface area (TPSA) is 91.0 Å². The van der Waals surface area contributed by atoms with E-state index in [1.54, 1.807) is 0 Å². The predicted molar refractivity (Wildman–Crippen MR) is 108 cm³/mol. The van der Waals surface area contributed by atoms with Crippen LogP contribution in [0, 0.1) is 5.92 Å². The van der Waals surface area contributed by atoms with E-state index in [2.05, 4.69) is 23.2 Å². The van der Waals surface area contributed by atoms with Crippen LogP contribution >= 0.6 is 0 Å². The summed E-state index contributed by atoms with van der Waals surface area (Å²) in [5, 5.41) is 13.8. The largest absolute Gasteiger partial charge is 0.508 e. The van der Waals surface area contributed by atoms with Crippen LogP contribution in [-0.2, 0) is 24.2 Å². The molecule has 1 fully saturated rings.